The summed E-state index contributed by atoms with van der Waals surface area (Å²) in [6, 6.07) is 6.95. The lowest BCUT2D eigenvalue weighted by Gasteiger charge is -2.30. The highest BCUT2D eigenvalue weighted by molar-refractivity contribution is 8.00. The number of ether oxygens (including phenoxy) is 2. The molecule has 3 heterocycles. The molecule has 1 aromatic carbocycles. The van der Waals surface area contributed by atoms with E-state index in [2.05, 4.69) is 20.3 Å². The molecule has 0 saturated carbocycles. The number of aliphatic hydroxyl groups is 2. The van der Waals surface area contributed by atoms with Gasteiger partial charge in [-0.1, -0.05) is 28.6 Å². The van der Waals surface area contributed by atoms with Gasteiger partial charge in [-0.3, -0.25) is 9.97 Å². The highest BCUT2D eigenvalue weighted by Crippen LogP contribution is 2.37. The highest BCUT2D eigenvalue weighted by Gasteiger charge is 2.31. The standard InChI is InChI=1S/C26H25ClF3N5O4S/c1-14(37)22(13-36)39-26(40-23-8-17(27)10-32-25(23)15-4-3-5-31-9-15)21(38-2)12-35-11-20(33-34-35)16-6-18(28)24(30)19(29)7-16/h3-11,14,21-22,26,36-37H,12-13H2,1-2H3/t14-,21+,22?,26?/m1/s1. The molecule has 3 aromatic heterocycles. The Kier molecular flexibility index (Phi) is 10.1. The third kappa shape index (κ3) is 7.16. The average Bonchev–Trinajstić information content (AvgIpc) is 3.41. The summed E-state index contributed by atoms with van der Waals surface area (Å²) in [6.45, 7) is 1.06. The van der Waals surface area contributed by atoms with Crippen LogP contribution in [0.2, 0.25) is 5.02 Å². The van der Waals surface area contributed by atoms with Crippen molar-refractivity contribution in [2.24, 2.45) is 0 Å². The van der Waals surface area contributed by atoms with Crippen LogP contribution in [0.4, 0.5) is 13.2 Å². The number of halogens is 4. The summed E-state index contributed by atoms with van der Waals surface area (Å²) in [5.41, 5.74) is 0.559. The van der Waals surface area contributed by atoms with Crippen LogP contribution >= 0.6 is 23.4 Å². The first kappa shape index (κ1) is 29.9. The smallest absolute Gasteiger partial charge is 0.194 e. The molecule has 2 unspecified atom stereocenters. The highest BCUT2D eigenvalue weighted by atomic mass is 35.5. The van der Waals surface area contributed by atoms with E-state index in [9.17, 15) is 23.4 Å². The summed E-state index contributed by atoms with van der Waals surface area (Å²) in [7, 11) is 1.44. The molecule has 4 rings (SSSR count). The molecule has 0 aliphatic carbocycles. The first-order valence-corrected chi connectivity index (χ1v) is 13.2. The number of methoxy groups -OCH3 is 1. The topological polar surface area (TPSA) is 115 Å². The van der Waals surface area contributed by atoms with Gasteiger partial charge in [0, 0.05) is 41.7 Å². The van der Waals surface area contributed by atoms with Gasteiger partial charge in [-0.25, -0.2) is 17.9 Å². The number of benzene rings is 1. The van der Waals surface area contributed by atoms with Gasteiger partial charge in [-0.2, -0.15) is 0 Å². The van der Waals surface area contributed by atoms with Crippen molar-refractivity contribution in [3.8, 4) is 22.5 Å². The van der Waals surface area contributed by atoms with Gasteiger partial charge >= 0.3 is 0 Å². The zero-order chi connectivity index (χ0) is 28.8. The van der Waals surface area contributed by atoms with Gasteiger partial charge in [0.05, 0.1) is 36.2 Å². The Morgan fingerprint density at radius 1 is 1.10 bits per heavy atom. The third-order valence-electron chi connectivity index (χ3n) is 5.82. The second kappa shape index (κ2) is 13.5. The lowest BCUT2D eigenvalue weighted by Crippen LogP contribution is -2.40. The molecule has 4 atom stereocenters. The van der Waals surface area contributed by atoms with Gasteiger partial charge in [0.15, 0.2) is 17.5 Å². The molecule has 0 spiro atoms. The van der Waals surface area contributed by atoms with E-state index in [1.165, 1.54) is 42.9 Å². The molecule has 0 radical (unpaired) electrons. The first-order valence-electron chi connectivity index (χ1n) is 11.9. The predicted octanol–water partition coefficient (Wildman–Crippen LogP) is 4.36. The molecule has 4 aromatic rings. The van der Waals surface area contributed by atoms with Crippen molar-refractivity contribution in [2.45, 2.75) is 42.1 Å². The van der Waals surface area contributed by atoms with Crippen molar-refractivity contribution < 1.29 is 32.9 Å². The van der Waals surface area contributed by atoms with E-state index >= 15 is 0 Å². The Balaban J connectivity index is 1.65. The molecule has 0 amide bonds. The summed E-state index contributed by atoms with van der Waals surface area (Å²) in [4.78, 5) is 9.22. The Morgan fingerprint density at radius 3 is 2.48 bits per heavy atom. The lowest BCUT2D eigenvalue weighted by molar-refractivity contribution is -0.105. The Hall–Kier alpha value is -3.07. The molecule has 0 aliphatic heterocycles. The predicted molar refractivity (Wildman–Crippen MR) is 142 cm³/mol. The summed E-state index contributed by atoms with van der Waals surface area (Å²) in [5, 5.41) is 28.3. The second-order valence-corrected chi connectivity index (χ2v) is 10.3. The Morgan fingerprint density at radius 2 is 1.85 bits per heavy atom. The van der Waals surface area contributed by atoms with Crippen LogP contribution in [-0.2, 0) is 16.0 Å². The molecule has 0 aliphatic rings. The van der Waals surface area contributed by atoms with Crippen molar-refractivity contribution >= 4 is 23.4 Å². The van der Waals surface area contributed by atoms with Gasteiger partial charge in [0.2, 0.25) is 0 Å². The van der Waals surface area contributed by atoms with Crippen molar-refractivity contribution in [3.63, 3.8) is 0 Å². The number of aliphatic hydroxyl groups excluding tert-OH is 2. The number of aromatic nitrogens is 5. The number of hydrogen-bond acceptors (Lipinski definition) is 9. The lowest BCUT2D eigenvalue weighted by atomic mass is 10.1. The normalized spacial score (nSPS) is 14.6. The van der Waals surface area contributed by atoms with Gasteiger partial charge in [0.1, 0.15) is 23.3 Å². The first-order chi connectivity index (χ1) is 19.2. The maximum Gasteiger partial charge on any atom is 0.194 e. The quantitative estimate of drug-likeness (QED) is 0.140. The number of nitrogens with zero attached hydrogens (tertiary/aromatic N) is 5. The van der Waals surface area contributed by atoms with Crippen molar-refractivity contribution in [2.75, 3.05) is 13.7 Å². The van der Waals surface area contributed by atoms with E-state index in [4.69, 9.17) is 21.1 Å². The van der Waals surface area contributed by atoms with Gasteiger partial charge < -0.3 is 19.7 Å². The molecule has 2 N–H and O–H groups in total. The summed E-state index contributed by atoms with van der Waals surface area (Å²) in [5.74, 6) is -4.28. The molecule has 0 bridgehead atoms. The molecule has 9 nitrogen and oxygen atoms in total. The molecular weight excluding hydrogens is 571 g/mol. The second-order valence-electron chi connectivity index (χ2n) is 8.68. The van der Waals surface area contributed by atoms with Crippen molar-refractivity contribution in [1.29, 1.82) is 0 Å². The van der Waals surface area contributed by atoms with Crippen LogP contribution in [0.1, 0.15) is 6.92 Å². The molecule has 0 saturated heterocycles. The largest absolute Gasteiger partial charge is 0.394 e. The van der Waals surface area contributed by atoms with Gasteiger partial charge in [-0.15, -0.1) is 5.10 Å². The fourth-order valence-electron chi connectivity index (χ4n) is 3.71. The van der Waals surface area contributed by atoms with Crippen molar-refractivity contribution in [1.82, 2.24) is 25.0 Å². The zero-order valence-electron chi connectivity index (χ0n) is 21.3. The van der Waals surface area contributed by atoms with Crippen LogP contribution < -0.4 is 0 Å². The van der Waals surface area contributed by atoms with E-state index in [1.807, 2.05) is 6.07 Å². The van der Waals surface area contributed by atoms with E-state index in [1.54, 1.807) is 24.5 Å². The van der Waals surface area contributed by atoms with Crippen LogP contribution in [0.3, 0.4) is 0 Å². The Bertz CT molecular complexity index is 1410. The zero-order valence-corrected chi connectivity index (χ0v) is 22.9. The van der Waals surface area contributed by atoms with Crippen LogP contribution in [0.5, 0.6) is 0 Å². The fourth-order valence-corrected chi connectivity index (χ4v) is 5.20. The van der Waals surface area contributed by atoms with Crippen LogP contribution in [0.15, 0.2) is 60.0 Å². The minimum Gasteiger partial charge on any atom is -0.394 e. The monoisotopic (exact) mass is 595 g/mol. The van der Waals surface area contributed by atoms with E-state index in [-0.39, 0.29) is 17.8 Å². The maximum atomic E-state index is 13.7. The minimum atomic E-state index is -1.58. The van der Waals surface area contributed by atoms with Crippen LogP contribution in [-0.4, -0.2) is 72.6 Å². The van der Waals surface area contributed by atoms with Crippen LogP contribution in [0.25, 0.3) is 22.5 Å². The minimum absolute atomic E-state index is 0.000596. The number of pyridine rings is 2. The van der Waals surface area contributed by atoms with Gasteiger partial charge in [-0.05, 0) is 37.3 Å². The fraction of sp³-hybridized carbons (Fsp3) is 0.308. The Labute approximate surface area is 236 Å². The van der Waals surface area contributed by atoms with Crippen LogP contribution in [0, 0.1) is 17.5 Å². The maximum absolute atomic E-state index is 13.7. The summed E-state index contributed by atoms with van der Waals surface area (Å²) < 4.78 is 54.1. The SMILES string of the molecule is CO[C@@H](Cn1cc(-c2cc(F)c(F)c(F)c2)nn1)C(OC(CO)[C@@H](C)O)Sc1cc(Cl)cnc1-c1cccnc1. The van der Waals surface area contributed by atoms with Gasteiger partial charge in [0.25, 0.3) is 0 Å². The summed E-state index contributed by atoms with van der Waals surface area (Å²) >= 11 is 7.46. The summed E-state index contributed by atoms with van der Waals surface area (Å²) in [6.07, 6.45) is 3.47. The molecule has 40 heavy (non-hydrogen) atoms. The third-order valence-corrected chi connectivity index (χ3v) is 7.23. The van der Waals surface area contributed by atoms with E-state index in [0.29, 0.717) is 15.6 Å². The number of thioether (sulfide) groups is 1. The molecule has 0 fully saturated rings. The van der Waals surface area contributed by atoms with Crippen molar-refractivity contribution in [3.05, 3.63) is 77.6 Å². The number of rotatable bonds is 12. The molecular formula is C26H25ClF3N5O4S. The number of hydrogen-bond donors (Lipinski definition) is 2. The average molecular weight is 596 g/mol. The molecule has 14 heteroatoms. The van der Waals surface area contributed by atoms with E-state index < -0.39 is 47.8 Å². The molecule has 212 valence electrons. The van der Waals surface area contributed by atoms with E-state index in [0.717, 1.165) is 17.7 Å².